The Kier molecular flexibility index (Phi) is 5.58. The molecule has 1 heterocycles. The second kappa shape index (κ2) is 7.43. The van der Waals surface area contributed by atoms with E-state index in [-0.39, 0.29) is 11.8 Å². The van der Waals surface area contributed by atoms with Crippen LogP contribution in [0.4, 0.5) is 5.69 Å². The van der Waals surface area contributed by atoms with Crippen molar-refractivity contribution in [3.63, 3.8) is 0 Å². The van der Waals surface area contributed by atoms with E-state index in [1.54, 1.807) is 11.8 Å². The van der Waals surface area contributed by atoms with E-state index in [2.05, 4.69) is 0 Å². The molecule has 1 aromatic rings. The highest BCUT2D eigenvalue weighted by molar-refractivity contribution is 5.94. The van der Waals surface area contributed by atoms with E-state index in [9.17, 15) is 9.59 Å². The molecule has 2 rings (SSSR count). The number of hydrogen-bond acceptors (Lipinski definition) is 2. The van der Waals surface area contributed by atoms with Crippen LogP contribution in [0.5, 0.6) is 0 Å². The van der Waals surface area contributed by atoms with Crippen molar-refractivity contribution < 1.29 is 9.59 Å². The monoisotopic (exact) mass is 302 g/mol. The van der Waals surface area contributed by atoms with Gasteiger partial charge in [-0.05, 0) is 44.2 Å². The van der Waals surface area contributed by atoms with Crippen LogP contribution in [0, 0.1) is 13.8 Å². The molecule has 0 N–H and O–H groups in total. The zero-order chi connectivity index (χ0) is 16.1. The van der Waals surface area contributed by atoms with Crippen LogP contribution in [0.1, 0.15) is 43.7 Å². The summed E-state index contributed by atoms with van der Waals surface area (Å²) in [6.45, 7) is 7.76. The summed E-state index contributed by atoms with van der Waals surface area (Å²) >= 11 is 0. The molecule has 22 heavy (non-hydrogen) atoms. The van der Waals surface area contributed by atoms with E-state index in [1.807, 2.05) is 36.9 Å². The second-order valence-corrected chi connectivity index (χ2v) is 6.10. The summed E-state index contributed by atoms with van der Waals surface area (Å²) in [6, 6.07) is 6.00. The Hall–Kier alpha value is -1.84. The number of nitrogens with zero attached hydrogens (tertiary/aromatic N) is 2. The fourth-order valence-corrected chi connectivity index (χ4v) is 3.17. The van der Waals surface area contributed by atoms with Gasteiger partial charge in [-0.3, -0.25) is 9.59 Å². The van der Waals surface area contributed by atoms with Crippen molar-refractivity contribution in [2.75, 3.05) is 24.5 Å². The number of likely N-dealkylation sites (tertiary alicyclic amines) is 1. The van der Waals surface area contributed by atoms with Gasteiger partial charge in [0, 0.05) is 38.7 Å². The minimum atomic E-state index is -0.0103. The molecule has 1 aliphatic heterocycles. The molecule has 2 amide bonds. The maximum Gasteiger partial charge on any atom is 0.224 e. The number of carbonyl (C=O) groups excluding carboxylic acids is 2. The average Bonchev–Trinajstić information content (AvgIpc) is 2.50. The summed E-state index contributed by atoms with van der Waals surface area (Å²) in [6.07, 6.45) is 3.80. The predicted molar refractivity (Wildman–Crippen MR) is 89.0 cm³/mol. The lowest BCUT2D eigenvalue weighted by atomic mass is 10.1. The number of hydrogen-bond donors (Lipinski definition) is 0. The highest BCUT2D eigenvalue weighted by Gasteiger charge is 2.20. The van der Waals surface area contributed by atoms with Crippen LogP contribution in [0.15, 0.2) is 18.2 Å². The van der Waals surface area contributed by atoms with Gasteiger partial charge < -0.3 is 9.80 Å². The summed E-state index contributed by atoms with van der Waals surface area (Å²) in [5, 5.41) is 0. The average molecular weight is 302 g/mol. The van der Waals surface area contributed by atoms with Crippen molar-refractivity contribution in [2.45, 2.75) is 46.5 Å². The van der Waals surface area contributed by atoms with Crippen molar-refractivity contribution in [3.05, 3.63) is 29.3 Å². The number of benzene rings is 1. The Morgan fingerprint density at radius 2 is 1.68 bits per heavy atom. The van der Waals surface area contributed by atoms with Crippen LogP contribution in [0.25, 0.3) is 0 Å². The Balaban J connectivity index is 2.06. The molecular weight excluding hydrogens is 276 g/mol. The summed E-state index contributed by atoms with van der Waals surface area (Å²) in [4.78, 5) is 28.0. The molecule has 4 heteroatoms. The first-order valence-electron chi connectivity index (χ1n) is 8.13. The van der Waals surface area contributed by atoms with Crippen molar-refractivity contribution >= 4 is 17.5 Å². The Labute approximate surface area is 133 Å². The third-order valence-electron chi connectivity index (χ3n) is 4.35. The van der Waals surface area contributed by atoms with E-state index in [0.717, 1.165) is 42.7 Å². The minimum Gasteiger partial charge on any atom is -0.343 e. The molecule has 0 saturated carbocycles. The number of amides is 2. The van der Waals surface area contributed by atoms with Gasteiger partial charge in [-0.2, -0.15) is 0 Å². The first-order chi connectivity index (χ1) is 10.5. The molecule has 0 aromatic heterocycles. The molecule has 0 unspecified atom stereocenters. The maximum absolute atomic E-state index is 12.3. The molecule has 4 nitrogen and oxygen atoms in total. The molecule has 120 valence electrons. The van der Waals surface area contributed by atoms with Crippen LogP contribution < -0.4 is 4.90 Å². The van der Waals surface area contributed by atoms with Gasteiger partial charge in [0.05, 0.1) is 0 Å². The maximum atomic E-state index is 12.3. The van der Waals surface area contributed by atoms with Crippen LogP contribution >= 0.6 is 0 Å². The molecule has 0 aliphatic carbocycles. The summed E-state index contributed by atoms with van der Waals surface area (Å²) < 4.78 is 0. The van der Waals surface area contributed by atoms with Crippen molar-refractivity contribution in [1.29, 1.82) is 0 Å². The van der Waals surface area contributed by atoms with E-state index in [1.165, 1.54) is 6.42 Å². The van der Waals surface area contributed by atoms with Crippen LogP contribution in [0.2, 0.25) is 0 Å². The Morgan fingerprint density at radius 1 is 1.09 bits per heavy atom. The standard InChI is InChI=1S/C18H26N2O2/c1-14-8-7-9-15(2)18(14)20(16(3)21)13-10-17(22)19-11-5-4-6-12-19/h7-9H,4-6,10-13H2,1-3H3. The van der Waals surface area contributed by atoms with Crippen LogP contribution in [-0.2, 0) is 9.59 Å². The fourth-order valence-electron chi connectivity index (χ4n) is 3.17. The SMILES string of the molecule is CC(=O)N(CCC(=O)N1CCCCC1)c1c(C)cccc1C. The number of aryl methyl sites for hydroxylation is 2. The molecule has 1 aromatic carbocycles. The number of anilines is 1. The molecule has 0 spiro atoms. The quantitative estimate of drug-likeness (QED) is 0.857. The third-order valence-corrected chi connectivity index (χ3v) is 4.35. The molecule has 1 aliphatic rings. The normalized spacial score (nSPS) is 14.8. The van der Waals surface area contributed by atoms with Gasteiger partial charge in [0.2, 0.25) is 11.8 Å². The second-order valence-electron chi connectivity index (χ2n) is 6.10. The molecular formula is C18H26N2O2. The van der Waals surface area contributed by atoms with Gasteiger partial charge in [0.15, 0.2) is 0 Å². The summed E-state index contributed by atoms with van der Waals surface area (Å²) in [5.41, 5.74) is 3.09. The smallest absolute Gasteiger partial charge is 0.224 e. The molecule has 0 atom stereocenters. The van der Waals surface area contributed by atoms with Gasteiger partial charge in [-0.1, -0.05) is 18.2 Å². The summed E-state index contributed by atoms with van der Waals surface area (Å²) in [5.74, 6) is 0.154. The topological polar surface area (TPSA) is 40.6 Å². The zero-order valence-corrected chi connectivity index (χ0v) is 13.9. The fraction of sp³-hybridized carbons (Fsp3) is 0.556. The first-order valence-corrected chi connectivity index (χ1v) is 8.13. The van der Waals surface area contributed by atoms with Crippen LogP contribution in [-0.4, -0.2) is 36.3 Å². The Bertz CT molecular complexity index is 528. The van der Waals surface area contributed by atoms with Gasteiger partial charge in [0.25, 0.3) is 0 Å². The van der Waals surface area contributed by atoms with Gasteiger partial charge >= 0.3 is 0 Å². The molecule has 1 saturated heterocycles. The number of rotatable bonds is 4. The highest BCUT2D eigenvalue weighted by Crippen LogP contribution is 2.25. The lowest BCUT2D eigenvalue weighted by Crippen LogP contribution is -2.39. The predicted octanol–water partition coefficient (Wildman–Crippen LogP) is 3.06. The molecule has 1 fully saturated rings. The van der Waals surface area contributed by atoms with E-state index in [4.69, 9.17) is 0 Å². The lowest BCUT2D eigenvalue weighted by molar-refractivity contribution is -0.131. The third kappa shape index (κ3) is 3.87. The number of carbonyl (C=O) groups is 2. The summed E-state index contributed by atoms with van der Waals surface area (Å²) in [7, 11) is 0. The number of para-hydroxylation sites is 1. The van der Waals surface area contributed by atoms with Gasteiger partial charge in [-0.25, -0.2) is 0 Å². The van der Waals surface area contributed by atoms with Crippen molar-refractivity contribution in [1.82, 2.24) is 4.90 Å². The van der Waals surface area contributed by atoms with Crippen molar-refractivity contribution in [3.8, 4) is 0 Å². The lowest BCUT2D eigenvalue weighted by Gasteiger charge is -2.29. The largest absolute Gasteiger partial charge is 0.343 e. The van der Waals surface area contributed by atoms with E-state index in [0.29, 0.717) is 13.0 Å². The Morgan fingerprint density at radius 3 is 2.23 bits per heavy atom. The zero-order valence-electron chi connectivity index (χ0n) is 13.9. The molecule has 0 bridgehead atoms. The van der Waals surface area contributed by atoms with Gasteiger partial charge in [0.1, 0.15) is 0 Å². The highest BCUT2D eigenvalue weighted by atomic mass is 16.2. The minimum absolute atomic E-state index is 0.0103. The van der Waals surface area contributed by atoms with E-state index < -0.39 is 0 Å². The molecule has 0 radical (unpaired) electrons. The van der Waals surface area contributed by atoms with Crippen LogP contribution in [0.3, 0.4) is 0 Å². The van der Waals surface area contributed by atoms with E-state index >= 15 is 0 Å². The number of piperidine rings is 1. The van der Waals surface area contributed by atoms with Crippen molar-refractivity contribution in [2.24, 2.45) is 0 Å². The van der Waals surface area contributed by atoms with Gasteiger partial charge in [-0.15, -0.1) is 0 Å². The first kappa shape index (κ1) is 16.5.